The quantitative estimate of drug-likeness (QED) is 0.194. The molecule has 186 valence electrons. The molecule has 0 aliphatic rings. The Morgan fingerprint density at radius 1 is 0.538 bits per heavy atom. The zero-order chi connectivity index (χ0) is 26.3. The fourth-order valence-electron chi connectivity index (χ4n) is 4.95. The number of rotatable bonds is 4. The SMILES string of the molecule is Brc1cc(Br)cc(-c2cc(-c3ccccn3)nc(-c3cccc(-n4c5ccccc5c5cnccc54)n3)c2)c1. The molecule has 2 aromatic carbocycles. The van der Waals surface area contributed by atoms with Crippen LogP contribution in [0.4, 0.5) is 0 Å². The molecule has 5 nitrogen and oxygen atoms in total. The van der Waals surface area contributed by atoms with Crippen molar-refractivity contribution in [1.82, 2.24) is 24.5 Å². The van der Waals surface area contributed by atoms with Gasteiger partial charge in [0.2, 0.25) is 0 Å². The van der Waals surface area contributed by atoms with Crippen LogP contribution in [0.1, 0.15) is 0 Å². The zero-order valence-electron chi connectivity index (χ0n) is 20.5. The minimum absolute atomic E-state index is 0.772. The molecular weight excluding hydrogens is 614 g/mol. The lowest BCUT2D eigenvalue weighted by molar-refractivity contribution is 1.07. The standard InChI is InChI=1S/C32H19Br2N5/c33-22-14-20(15-23(34)18-22)21-16-28(26-7-3-4-12-36-26)37-29(17-21)27-8-5-10-32(38-27)39-30-9-2-1-6-24(30)25-19-35-13-11-31(25)39/h1-19H. The van der Waals surface area contributed by atoms with E-state index in [1.807, 2.05) is 60.9 Å². The molecule has 7 aromatic rings. The van der Waals surface area contributed by atoms with Crippen LogP contribution in [0.15, 0.2) is 125 Å². The highest BCUT2D eigenvalue weighted by Gasteiger charge is 2.15. The Balaban J connectivity index is 1.44. The predicted molar refractivity (Wildman–Crippen MR) is 164 cm³/mol. The number of halogens is 2. The summed E-state index contributed by atoms with van der Waals surface area (Å²) in [5, 5.41) is 2.24. The topological polar surface area (TPSA) is 56.5 Å². The van der Waals surface area contributed by atoms with Gasteiger partial charge in [-0.25, -0.2) is 9.97 Å². The first-order valence-electron chi connectivity index (χ1n) is 12.3. The maximum absolute atomic E-state index is 5.13. The fourth-order valence-corrected chi connectivity index (χ4v) is 6.24. The minimum atomic E-state index is 0.772. The van der Waals surface area contributed by atoms with Crippen molar-refractivity contribution in [2.75, 3.05) is 0 Å². The zero-order valence-corrected chi connectivity index (χ0v) is 23.6. The Morgan fingerprint density at radius 2 is 1.26 bits per heavy atom. The van der Waals surface area contributed by atoms with Crippen molar-refractivity contribution < 1.29 is 0 Å². The Bertz CT molecular complexity index is 1930. The second kappa shape index (κ2) is 9.84. The van der Waals surface area contributed by atoms with Gasteiger partial charge < -0.3 is 0 Å². The smallest absolute Gasteiger partial charge is 0.138 e. The highest BCUT2D eigenvalue weighted by molar-refractivity contribution is 9.11. The molecule has 0 aliphatic carbocycles. The summed E-state index contributed by atoms with van der Waals surface area (Å²) in [5.41, 5.74) is 7.37. The average molecular weight is 633 g/mol. The van der Waals surface area contributed by atoms with Crippen LogP contribution in [0.2, 0.25) is 0 Å². The van der Waals surface area contributed by atoms with E-state index in [4.69, 9.17) is 9.97 Å². The van der Waals surface area contributed by atoms with E-state index in [0.29, 0.717) is 0 Å². The molecule has 7 rings (SSSR count). The molecule has 0 saturated carbocycles. The first-order valence-corrected chi connectivity index (χ1v) is 13.9. The van der Waals surface area contributed by atoms with E-state index in [-0.39, 0.29) is 0 Å². The molecular formula is C32H19Br2N5. The van der Waals surface area contributed by atoms with Crippen molar-refractivity contribution in [2.45, 2.75) is 0 Å². The Kier molecular flexibility index (Phi) is 6.02. The predicted octanol–water partition coefficient (Wildman–Crippen LogP) is 8.89. The van der Waals surface area contributed by atoms with Crippen molar-refractivity contribution in [2.24, 2.45) is 0 Å². The molecule has 0 bridgehead atoms. The number of pyridine rings is 4. The van der Waals surface area contributed by atoms with Gasteiger partial charge in [-0.1, -0.05) is 62.2 Å². The summed E-state index contributed by atoms with van der Waals surface area (Å²) in [6.45, 7) is 0. The van der Waals surface area contributed by atoms with Gasteiger partial charge in [-0.2, -0.15) is 0 Å². The van der Waals surface area contributed by atoms with Gasteiger partial charge in [-0.15, -0.1) is 0 Å². The van der Waals surface area contributed by atoms with Crippen LogP contribution >= 0.6 is 31.9 Å². The Morgan fingerprint density at radius 3 is 2.08 bits per heavy atom. The van der Waals surface area contributed by atoms with Crippen LogP contribution in [-0.2, 0) is 0 Å². The number of para-hydroxylation sites is 1. The van der Waals surface area contributed by atoms with E-state index in [1.54, 1.807) is 6.20 Å². The largest absolute Gasteiger partial charge is 0.294 e. The van der Waals surface area contributed by atoms with E-state index in [1.165, 1.54) is 0 Å². The van der Waals surface area contributed by atoms with Crippen molar-refractivity contribution >= 4 is 53.7 Å². The second-order valence-corrected chi connectivity index (χ2v) is 11.0. The van der Waals surface area contributed by atoms with Gasteiger partial charge in [0.05, 0.1) is 33.8 Å². The molecule has 5 heterocycles. The van der Waals surface area contributed by atoms with E-state index >= 15 is 0 Å². The van der Waals surface area contributed by atoms with Crippen molar-refractivity contribution in [3.05, 3.63) is 125 Å². The summed E-state index contributed by atoms with van der Waals surface area (Å²) in [7, 11) is 0. The van der Waals surface area contributed by atoms with Crippen molar-refractivity contribution in [1.29, 1.82) is 0 Å². The van der Waals surface area contributed by atoms with E-state index < -0.39 is 0 Å². The van der Waals surface area contributed by atoms with Gasteiger partial charge in [0.1, 0.15) is 5.82 Å². The van der Waals surface area contributed by atoms with Crippen LogP contribution in [-0.4, -0.2) is 24.5 Å². The number of hydrogen-bond donors (Lipinski definition) is 0. The van der Waals surface area contributed by atoms with Gasteiger partial charge in [0, 0.05) is 38.3 Å². The first-order chi connectivity index (χ1) is 19.1. The number of hydrogen-bond acceptors (Lipinski definition) is 4. The number of fused-ring (bicyclic) bond motifs is 3. The molecule has 0 radical (unpaired) electrons. The minimum Gasteiger partial charge on any atom is -0.294 e. The van der Waals surface area contributed by atoms with Crippen molar-refractivity contribution in [3.8, 4) is 39.7 Å². The number of benzene rings is 2. The highest BCUT2D eigenvalue weighted by atomic mass is 79.9. The normalized spacial score (nSPS) is 11.3. The molecule has 0 aliphatic heterocycles. The lowest BCUT2D eigenvalue weighted by Crippen LogP contribution is -2.00. The van der Waals surface area contributed by atoms with Crippen LogP contribution in [0.3, 0.4) is 0 Å². The van der Waals surface area contributed by atoms with E-state index in [9.17, 15) is 0 Å². The molecule has 0 atom stereocenters. The van der Waals surface area contributed by atoms with Gasteiger partial charge in [-0.3, -0.25) is 14.5 Å². The van der Waals surface area contributed by atoms with Crippen LogP contribution < -0.4 is 0 Å². The molecule has 0 amide bonds. The number of nitrogens with zero attached hydrogens (tertiary/aromatic N) is 5. The van der Waals surface area contributed by atoms with Gasteiger partial charge in [0.15, 0.2) is 0 Å². The summed E-state index contributed by atoms with van der Waals surface area (Å²) in [6, 6.07) is 32.7. The summed E-state index contributed by atoms with van der Waals surface area (Å²) < 4.78 is 4.17. The molecule has 0 fully saturated rings. The molecule has 0 unspecified atom stereocenters. The van der Waals surface area contributed by atoms with Crippen LogP contribution in [0.5, 0.6) is 0 Å². The van der Waals surface area contributed by atoms with Gasteiger partial charge in [-0.05, 0) is 77.9 Å². The highest BCUT2D eigenvalue weighted by Crippen LogP contribution is 2.34. The third-order valence-corrected chi connectivity index (χ3v) is 7.56. The molecule has 39 heavy (non-hydrogen) atoms. The first kappa shape index (κ1) is 23.9. The lowest BCUT2D eigenvalue weighted by Gasteiger charge is -2.12. The summed E-state index contributed by atoms with van der Waals surface area (Å²) in [4.78, 5) is 19.1. The van der Waals surface area contributed by atoms with Gasteiger partial charge >= 0.3 is 0 Å². The van der Waals surface area contributed by atoms with Crippen LogP contribution in [0, 0.1) is 0 Å². The maximum atomic E-state index is 5.13. The van der Waals surface area contributed by atoms with Crippen molar-refractivity contribution in [3.63, 3.8) is 0 Å². The second-order valence-electron chi connectivity index (χ2n) is 9.13. The lowest BCUT2D eigenvalue weighted by atomic mass is 10.0. The molecule has 0 saturated heterocycles. The average Bonchev–Trinajstić information content (AvgIpc) is 3.31. The molecule has 5 aromatic heterocycles. The van der Waals surface area contributed by atoms with Crippen LogP contribution in [0.25, 0.3) is 61.5 Å². The maximum Gasteiger partial charge on any atom is 0.138 e. The Hall–Kier alpha value is -4.20. The third kappa shape index (κ3) is 4.43. The molecule has 0 spiro atoms. The summed E-state index contributed by atoms with van der Waals surface area (Å²) >= 11 is 7.26. The Labute approximate surface area is 241 Å². The monoisotopic (exact) mass is 631 g/mol. The van der Waals surface area contributed by atoms with E-state index in [2.05, 4.69) is 94.9 Å². The molecule has 0 N–H and O–H groups in total. The van der Waals surface area contributed by atoms with Gasteiger partial charge in [0.25, 0.3) is 0 Å². The summed E-state index contributed by atoms with van der Waals surface area (Å²) in [5.74, 6) is 0.821. The number of aromatic nitrogens is 5. The molecule has 7 heteroatoms. The summed E-state index contributed by atoms with van der Waals surface area (Å²) in [6.07, 6.45) is 5.52. The third-order valence-electron chi connectivity index (χ3n) is 6.65. The van der Waals surface area contributed by atoms with E-state index in [0.717, 1.165) is 70.5 Å². The fraction of sp³-hybridized carbons (Fsp3) is 0.